The summed E-state index contributed by atoms with van der Waals surface area (Å²) in [5.74, 6) is 0. The predicted molar refractivity (Wildman–Crippen MR) is 82.3 cm³/mol. The quantitative estimate of drug-likeness (QED) is 0.920. The molecule has 0 spiro atoms. The van der Waals surface area contributed by atoms with Crippen molar-refractivity contribution in [3.8, 4) is 0 Å². The Balaban J connectivity index is 2.09. The van der Waals surface area contributed by atoms with Crippen molar-refractivity contribution in [2.75, 3.05) is 19.6 Å². The largest absolute Gasteiger partial charge is 0.313 e. The van der Waals surface area contributed by atoms with E-state index in [-0.39, 0.29) is 0 Å². The summed E-state index contributed by atoms with van der Waals surface area (Å²) < 4.78 is 3.23. The normalized spacial score (nSPS) is 21.6. The zero-order chi connectivity index (χ0) is 13.8. The number of nitrogens with zero attached hydrogens (tertiary/aromatic N) is 3. The van der Waals surface area contributed by atoms with Crippen LogP contribution in [0.4, 0.5) is 0 Å². The van der Waals surface area contributed by atoms with Gasteiger partial charge in [0.2, 0.25) is 0 Å². The number of aromatic nitrogens is 2. The Morgan fingerprint density at radius 2 is 2.21 bits per heavy atom. The Hall–Kier alpha value is -0.390. The molecule has 4 nitrogen and oxygen atoms in total. The molecule has 0 bridgehead atoms. The zero-order valence-electron chi connectivity index (χ0n) is 12.2. The Labute approximate surface area is 124 Å². The summed E-state index contributed by atoms with van der Waals surface area (Å²) in [5, 5.41) is 8.20. The van der Waals surface area contributed by atoms with E-state index in [1.165, 1.54) is 29.6 Å². The Kier molecular flexibility index (Phi) is 5.42. The smallest absolute Gasteiger partial charge is 0.0767 e. The van der Waals surface area contributed by atoms with E-state index in [1.807, 2.05) is 11.7 Å². The minimum Gasteiger partial charge on any atom is -0.313 e. The molecule has 1 fully saturated rings. The van der Waals surface area contributed by atoms with Gasteiger partial charge < -0.3 is 5.32 Å². The highest BCUT2D eigenvalue weighted by Crippen LogP contribution is 2.23. The first-order chi connectivity index (χ1) is 9.15. The number of halogens is 1. The third-order valence-electron chi connectivity index (χ3n) is 3.93. The van der Waals surface area contributed by atoms with E-state index in [0.29, 0.717) is 6.04 Å². The molecule has 0 saturated carbocycles. The molecule has 1 aromatic heterocycles. The van der Waals surface area contributed by atoms with Crippen LogP contribution in [0, 0.1) is 0 Å². The summed E-state index contributed by atoms with van der Waals surface area (Å²) in [6.07, 6.45) is 3.41. The van der Waals surface area contributed by atoms with E-state index in [2.05, 4.69) is 45.1 Å². The molecule has 2 heterocycles. The van der Waals surface area contributed by atoms with Crippen LogP contribution < -0.4 is 5.32 Å². The first-order valence-corrected chi connectivity index (χ1v) is 8.11. The summed E-state index contributed by atoms with van der Waals surface area (Å²) >= 11 is 3.72. The van der Waals surface area contributed by atoms with Crippen LogP contribution in [-0.2, 0) is 20.0 Å². The van der Waals surface area contributed by atoms with Crippen LogP contribution in [-0.4, -0.2) is 40.4 Å². The van der Waals surface area contributed by atoms with Gasteiger partial charge in [-0.3, -0.25) is 9.58 Å². The van der Waals surface area contributed by atoms with Crippen LogP contribution in [0.2, 0.25) is 0 Å². The molecule has 1 aliphatic rings. The number of hydrogen-bond donors (Lipinski definition) is 1. The molecule has 108 valence electrons. The van der Waals surface area contributed by atoms with Crippen LogP contribution >= 0.6 is 15.9 Å². The summed E-state index contributed by atoms with van der Waals surface area (Å²) in [7, 11) is 2.05. The Morgan fingerprint density at radius 1 is 1.42 bits per heavy atom. The maximum atomic E-state index is 4.58. The van der Waals surface area contributed by atoms with E-state index >= 15 is 0 Å². The van der Waals surface area contributed by atoms with Gasteiger partial charge in [0.05, 0.1) is 15.9 Å². The summed E-state index contributed by atoms with van der Waals surface area (Å²) in [6.45, 7) is 8.85. The Morgan fingerprint density at radius 3 is 2.84 bits per heavy atom. The van der Waals surface area contributed by atoms with E-state index < -0.39 is 0 Å². The summed E-state index contributed by atoms with van der Waals surface area (Å²) in [6, 6.07) is 0.625. The van der Waals surface area contributed by atoms with Crippen molar-refractivity contribution in [3.05, 3.63) is 15.9 Å². The van der Waals surface area contributed by atoms with Crippen molar-refractivity contribution >= 4 is 15.9 Å². The maximum Gasteiger partial charge on any atom is 0.0767 e. The van der Waals surface area contributed by atoms with Crippen LogP contribution in [0.25, 0.3) is 0 Å². The zero-order valence-corrected chi connectivity index (χ0v) is 13.8. The van der Waals surface area contributed by atoms with E-state index in [9.17, 15) is 0 Å². The molecule has 2 rings (SSSR count). The lowest BCUT2D eigenvalue weighted by molar-refractivity contribution is 0.250. The second-order valence-electron chi connectivity index (χ2n) is 5.33. The van der Waals surface area contributed by atoms with Crippen molar-refractivity contribution in [1.82, 2.24) is 20.0 Å². The highest BCUT2D eigenvalue weighted by molar-refractivity contribution is 9.10. The second-order valence-corrected chi connectivity index (χ2v) is 6.13. The van der Waals surface area contributed by atoms with Crippen LogP contribution in [0.3, 0.4) is 0 Å². The molecule has 0 amide bonds. The van der Waals surface area contributed by atoms with Crippen molar-refractivity contribution in [1.29, 1.82) is 0 Å². The lowest BCUT2D eigenvalue weighted by atomic mass is 10.2. The van der Waals surface area contributed by atoms with E-state index in [0.717, 1.165) is 31.7 Å². The molecule has 1 atom stereocenters. The molecule has 0 radical (unpaired) electrons. The van der Waals surface area contributed by atoms with Gasteiger partial charge >= 0.3 is 0 Å². The van der Waals surface area contributed by atoms with Crippen molar-refractivity contribution in [3.63, 3.8) is 0 Å². The average molecular weight is 329 g/mol. The monoisotopic (exact) mass is 328 g/mol. The molecule has 0 aliphatic carbocycles. The van der Waals surface area contributed by atoms with Gasteiger partial charge in [0.15, 0.2) is 0 Å². The molecule has 19 heavy (non-hydrogen) atoms. The third kappa shape index (κ3) is 3.58. The number of nitrogens with one attached hydrogen (secondary N) is 1. The fourth-order valence-electron chi connectivity index (χ4n) is 2.70. The first kappa shape index (κ1) is 15.0. The minimum atomic E-state index is 0.625. The fourth-order valence-corrected chi connectivity index (χ4v) is 3.44. The van der Waals surface area contributed by atoms with Gasteiger partial charge in [-0.2, -0.15) is 5.10 Å². The van der Waals surface area contributed by atoms with Gasteiger partial charge in [-0.15, -0.1) is 0 Å². The lowest BCUT2D eigenvalue weighted by Crippen LogP contribution is -2.37. The van der Waals surface area contributed by atoms with Gasteiger partial charge in [0, 0.05) is 26.2 Å². The first-order valence-electron chi connectivity index (χ1n) is 7.31. The van der Waals surface area contributed by atoms with Crippen molar-refractivity contribution < 1.29 is 0 Å². The topological polar surface area (TPSA) is 33.1 Å². The fraction of sp³-hybridized carbons (Fsp3) is 0.786. The maximum absolute atomic E-state index is 4.58. The molecule has 1 saturated heterocycles. The molecule has 0 aromatic carbocycles. The number of rotatable bonds is 4. The van der Waals surface area contributed by atoms with Gasteiger partial charge in [-0.1, -0.05) is 13.8 Å². The average Bonchev–Trinajstić information content (AvgIpc) is 2.61. The molecule has 1 aliphatic heterocycles. The molecule has 1 unspecified atom stereocenters. The predicted octanol–water partition coefficient (Wildman–Crippen LogP) is 2.32. The molecular formula is C14H25BrN4. The van der Waals surface area contributed by atoms with Gasteiger partial charge in [-0.25, -0.2) is 0 Å². The highest BCUT2D eigenvalue weighted by atomic mass is 79.9. The third-order valence-corrected chi connectivity index (χ3v) is 4.85. The van der Waals surface area contributed by atoms with Gasteiger partial charge in [0.25, 0.3) is 0 Å². The van der Waals surface area contributed by atoms with Crippen molar-refractivity contribution in [2.24, 2.45) is 7.05 Å². The molecule has 1 N–H and O–H groups in total. The minimum absolute atomic E-state index is 0.625. The summed E-state index contributed by atoms with van der Waals surface area (Å²) in [4.78, 5) is 2.55. The van der Waals surface area contributed by atoms with Gasteiger partial charge in [0.1, 0.15) is 0 Å². The number of hydrogen-bond acceptors (Lipinski definition) is 3. The number of aryl methyl sites for hydroxylation is 2. The Bertz CT molecular complexity index is 416. The SMILES string of the molecule is CCc1nn(C)c(CN2CCCNC(CC)C2)c1Br. The van der Waals surface area contributed by atoms with Gasteiger partial charge in [-0.05, 0) is 48.3 Å². The van der Waals surface area contributed by atoms with Crippen LogP contribution in [0.5, 0.6) is 0 Å². The van der Waals surface area contributed by atoms with E-state index in [4.69, 9.17) is 0 Å². The second kappa shape index (κ2) is 6.86. The van der Waals surface area contributed by atoms with E-state index in [1.54, 1.807) is 0 Å². The molecular weight excluding hydrogens is 304 g/mol. The summed E-state index contributed by atoms with van der Waals surface area (Å²) in [5.41, 5.74) is 2.46. The molecule has 1 aromatic rings. The van der Waals surface area contributed by atoms with Crippen molar-refractivity contribution in [2.45, 2.75) is 45.7 Å². The van der Waals surface area contributed by atoms with Crippen LogP contribution in [0.15, 0.2) is 4.47 Å². The van der Waals surface area contributed by atoms with Crippen LogP contribution in [0.1, 0.15) is 38.1 Å². The molecule has 5 heteroatoms. The standard InChI is InChI=1S/C14H25BrN4/c1-4-11-9-19(8-6-7-16-11)10-13-14(15)12(5-2)17-18(13)3/h11,16H,4-10H2,1-3H3. The lowest BCUT2D eigenvalue weighted by Gasteiger charge is -2.23. The highest BCUT2D eigenvalue weighted by Gasteiger charge is 2.20.